The van der Waals surface area contributed by atoms with E-state index in [-0.39, 0.29) is 5.38 Å². The third kappa shape index (κ3) is 2.80. The second-order valence-corrected chi connectivity index (χ2v) is 1.76. The lowest BCUT2D eigenvalue weighted by Gasteiger charge is -1.96. The van der Waals surface area contributed by atoms with Crippen LogP contribution in [0.3, 0.4) is 0 Å². The van der Waals surface area contributed by atoms with E-state index in [9.17, 15) is 4.39 Å². The molecule has 8 heavy (non-hydrogen) atoms. The van der Waals surface area contributed by atoms with Crippen LogP contribution in [0.15, 0.2) is 25.1 Å². The lowest BCUT2D eigenvalue weighted by molar-refractivity contribution is 0.638. The number of rotatable bonds is 3. The fraction of sp³-hybridized carbons (Fsp3) is 0.167. The highest BCUT2D eigenvalue weighted by Gasteiger charge is 2.05. The van der Waals surface area contributed by atoms with Crippen LogP contribution < -0.4 is 0 Å². The molecule has 0 atom stereocenters. The molecule has 2 heteroatoms. The molecule has 0 aromatic heterocycles. The van der Waals surface area contributed by atoms with E-state index in [0.717, 1.165) is 0 Å². The predicted octanol–water partition coefficient (Wildman–Crippen LogP) is 2.82. The van der Waals surface area contributed by atoms with Gasteiger partial charge in [-0.1, -0.05) is 12.7 Å². The summed E-state index contributed by atoms with van der Waals surface area (Å²) < 4.78 is 11.9. The molecule has 0 N–H and O–H groups in total. The van der Waals surface area contributed by atoms with Crippen LogP contribution in [0, 0.1) is 5.38 Å². The molecule has 0 rings (SSSR count). The first-order chi connectivity index (χ1) is 3.68. The van der Waals surface area contributed by atoms with Gasteiger partial charge < -0.3 is 0 Å². The van der Waals surface area contributed by atoms with Crippen LogP contribution in [0.25, 0.3) is 0 Å². The maximum Gasteiger partial charge on any atom is 0.124 e. The van der Waals surface area contributed by atoms with Crippen LogP contribution in [0.4, 0.5) is 4.39 Å². The van der Waals surface area contributed by atoms with E-state index in [4.69, 9.17) is 11.6 Å². The Hall–Kier alpha value is -0.300. The Labute approximate surface area is 53.7 Å². The fourth-order valence-corrected chi connectivity index (χ4v) is 0.347. The lowest BCUT2D eigenvalue weighted by Crippen LogP contribution is -1.82. The summed E-state index contributed by atoms with van der Waals surface area (Å²) in [4.78, 5) is 0. The van der Waals surface area contributed by atoms with Crippen molar-refractivity contribution in [3.05, 3.63) is 30.4 Å². The van der Waals surface area contributed by atoms with E-state index < -0.39 is 5.83 Å². The third-order valence-electron chi connectivity index (χ3n) is 0.618. The Morgan fingerprint density at radius 3 is 2.38 bits per heavy atom. The molecule has 45 valence electrons. The van der Waals surface area contributed by atoms with Gasteiger partial charge in [-0.15, -0.1) is 18.2 Å². The van der Waals surface area contributed by atoms with Gasteiger partial charge in [0.1, 0.15) is 11.2 Å². The van der Waals surface area contributed by atoms with E-state index in [0.29, 0.717) is 6.42 Å². The zero-order valence-electron chi connectivity index (χ0n) is 4.45. The number of hydrogen-bond donors (Lipinski definition) is 0. The highest BCUT2D eigenvalue weighted by molar-refractivity contribution is 6.28. The Morgan fingerprint density at radius 2 is 2.25 bits per heavy atom. The van der Waals surface area contributed by atoms with E-state index in [1.54, 1.807) is 0 Å². The van der Waals surface area contributed by atoms with Gasteiger partial charge >= 0.3 is 0 Å². The van der Waals surface area contributed by atoms with Gasteiger partial charge in [-0.25, -0.2) is 4.39 Å². The summed E-state index contributed by atoms with van der Waals surface area (Å²) in [7, 11) is 0. The predicted molar refractivity (Wildman–Crippen MR) is 34.2 cm³/mol. The zero-order valence-corrected chi connectivity index (χ0v) is 5.21. The van der Waals surface area contributed by atoms with E-state index >= 15 is 0 Å². The summed E-state index contributed by atoms with van der Waals surface area (Å²) >= 11 is 5.29. The minimum atomic E-state index is -0.577. The average molecular weight is 134 g/mol. The molecular formula is C6H7ClF. The minimum absolute atomic E-state index is 0.125. The molecule has 0 heterocycles. The van der Waals surface area contributed by atoms with Gasteiger partial charge in [-0.05, 0) is 6.42 Å². The topological polar surface area (TPSA) is 0 Å². The molecule has 0 fully saturated rings. The number of allylic oxidation sites excluding steroid dienone is 2. The number of hydrogen-bond acceptors (Lipinski definition) is 0. The largest absolute Gasteiger partial charge is 0.210 e. The highest BCUT2D eigenvalue weighted by atomic mass is 35.5. The van der Waals surface area contributed by atoms with Gasteiger partial charge in [-0.3, -0.25) is 0 Å². The van der Waals surface area contributed by atoms with E-state index in [2.05, 4.69) is 13.2 Å². The van der Waals surface area contributed by atoms with Crippen LogP contribution in [-0.4, -0.2) is 0 Å². The molecule has 0 spiro atoms. The van der Waals surface area contributed by atoms with E-state index in [1.165, 1.54) is 6.08 Å². The van der Waals surface area contributed by atoms with Gasteiger partial charge in [0.15, 0.2) is 0 Å². The normalized spacial score (nSPS) is 9.38. The van der Waals surface area contributed by atoms with Crippen molar-refractivity contribution < 1.29 is 4.39 Å². The molecule has 0 aliphatic carbocycles. The fourth-order valence-electron chi connectivity index (χ4n) is 0.237. The maximum absolute atomic E-state index is 11.9. The Morgan fingerprint density at radius 1 is 1.75 bits per heavy atom. The quantitative estimate of drug-likeness (QED) is 0.520. The van der Waals surface area contributed by atoms with Crippen LogP contribution >= 0.6 is 11.6 Å². The highest BCUT2D eigenvalue weighted by Crippen LogP contribution is 2.21. The molecule has 0 nitrogen and oxygen atoms in total. The van der Waals surface area contributed by atoms with Crippen molar-refractivity contribution >= 4 is 11.6 Å². The molecule has 0 saturated carbocycles. The molecule has 0 unspecified atom stereocenters. The van der Waals surface area contributed by atoms with Crippen molar-refractivity contribution in [2.45, 2.75) is 6.42 Å². The molecule has 0 amide bonds. The first kappa shape index (κ1) is 7.70. The van der Waals surface area contributed by atoms with Gasteiger partial charge in [-0.2, -0.15) is 0 Å². The van der Waals surface area contributed by atoms with Crippen molar-refractivity contribution in [1.29, 1.82) is 0 Å². The summed E-state index contributed by atoms with van der Waals surface area (Å²) in [5.41, 5.74) is 0. The monoisotopic (exact) mass is 133 g/mol. The van der Waals surface area contributed by atoms with Crippen molar-refractivity contribution in [2.24, 2.45) is 0 Å². The van der Waals surface area contributed by atoms with Gasteiger partial charge in [0.2, 0.25) is 0 Å². The first-order valence-corrected chi connectivity index (χ1v) is 2.53. The molecular weight excluding hydrogens is 127 g/mol. The summed E-state index contributed by atoms with van der Waals surface area (Å²) in [6.07, 6.45) is 1.88. The van der Waals surface area contributed by atoms with Crippen LogP contribution in [0.5, 0.6) is 0 Å². The molecule has 1 radical (unpaired) electrons. The molecule has 0 aromatic carbocycles. The molecule has 0 aliphatic heterocycles. The number of halogens is 2. The van der Waals surface area contributed by atoms with Crippen LogP contribution in [0.1, 0.15) is 6.42 Å². The van der Waals surface area contributed by atoms with Crippen LogP contribution in [-0.2, 0) is 0 Å². The van der Waals surface area contributed by atoms with Crippen LogP contribution in [0.2, 0.25) is 0 Å². The maximum atomic E-state index is 11.9. The van der Waals surface area contributed by atoms with Crippen molar-refractivity contribution in [3.63, 3.8) is 0 Å². The Bertz CT molecular complexity index is 98.7. The van der Waals surface area contributed by atoms with E-state index in [1.807, 2.05) is 0 Å². The first-order valence-electron chi connectivity index (χ1n) is 2.15. The standard InChI is InChI=1S/C6H7ClF/c1-3-4-6(7)5(2)8/h3H,1-2,4H2. The zero-order chi connectivity index (χ0) is 6.57. The lowest BCUT2D eigenvalue weighted by atomic mass is 10.3. The smallest absolute Gasteiger partial charge is 0.124 e. The second kappa shape index (κ2) is 3.67. The minimum Gasteiger partial charge on any atom is -0.210 e. The second-order valence-electron chi connectivity index (χ2n) is 1.30. The van der Waals surface area contributed by atoms with Crippen molar-refractivity contribution in [1.82, 2.24) is 0 Å². The summed E-state index contributed by atoms with van der Waals surface area (Å²) in [6.45, 7) is 6.36. The summed E-state index contributed by atoms with van der Waals surface area (Å²) in [5, 5.41) is 0.125. The third-order valence-corrected chi connectivity index (χ3v) is 0.977. The molecule has 0 aliphatic rings. The molecule has 0 saturated heterocycles. The van der Waals surface area contributed by atoms with Crippen molar-refractivity contribution in [3.8, 4) is 0 Å². The average Bonchev–Trinajstić information content (AvgIpc) is 1.67. The Balaban J connectivity index is 3.46. The summed E-state index contributed by atoms with van der Waals surface area (Å²) in [5.74, 6) is -0.577. The van der Waals surface area contributed by atoms with Crippen molar-refractivity contribution in [2.75, 3.05) is 0 Å². The van der Waals surface area contributed by atoms with Gasteiger partial charge in [0, 0.05) is 0 Å². The SMILES string of the molecule is C=CC[C](Cl)C(=C)F. The molecule has 0 bridgehead atoms. The summed E-state index contributed by atoms with van der Waals surface area (Å²) in [6, 6.07) is 0. The van der Waals surface area contributed by atoms with Gasteiger partial charge in [0.05, 0.1) is 0 Å². The Kier molecular flexibility index (Phi) is 3.53. The molecule has 0 aromatic rings. The van der Waals surface area contributed by atoms with Gasteiger partial charge in [0.25, 0.3) is 0 Å².